The number of benzene rings is 1. The Morgan fingerprint density at radius 1 is 0.939 bits per heavy atom. The van der Waals surface area contributed by atoms with Crippen molar-refractivity contribution in [3.8, 4) is 34.1 Å². The van der Waals surface area contributed by atoms with Gasteiger partial charge in [0.15, 0.2) is 11.3 Å². The van der Waals surface area contributed by atoms with Crippen molar-refractivity contribution in [3.05, 3.63) is 64.5 Å². The number of anilines is 1. The summed E-state index contributed by atoms with van der Waals surface area (Å²) in [4.78, 5) is 12.6. The van der Waals surface area contributed by atoms with E-state index < -0.39 is 11.9 Å². The topological polar surface area (TPSA) is 108 Å². The van der Waals surface area contributed by atoms with Crippen LogP contribution in [-0.4, -0.2) is 29.7 Å². The lowest BCUT2D eigenvalue weighted by atomic mass is 10.1. The van der Waals surface area contributed by atoms with Gasteiger partial charge in [0.1, 0.15) is 11.4 Å². The SMILES string of the molecule is Nc1ccc(-c2noc(-c3cnn4c(C(F)(F)F)cc(-c5ccc(Cl)c(Cl)c5)nc34)n2)cn1. The van der Waals surface area contributed by atoms with Crippen molar-refractivity contribution in [2.45, 2.75) is 6.18 Å². The summed E-state index contributed by atoms with van der Waals surface area (Å²) in [5, 5.41) is 8.16. The van der Waals surface area contributed by atoms with E-state index in [1.54, 1.807) is 12.1 Å². The molecule has 166 valence electrons. The first kappa shape index (κ1) is 21.2. The third kappa shape index (κ3) is 3.85. The summed E-state index contributed by atoms with van der Waals surface area (Å²) in [6.07, 6.45) is -2.09. The summed E-state index contributed by atoms with van der Waals surface area (Å²) in [7, 11) is 0. The number of nitrogen functional groups attached to an aromatic ring is 1. The zero-order valence-electron chi connectivity index (χ0n) is 16.2. The fraction of sp³-hybridized carbons (Fsp3) is 0.0500. The van der Waals surface area contributed by atoms with Gasteiger partial charge in [0.05, 0.1) is 21.9 Å². The molecule has 0 atom stereocenters. The predicted molar refractivity (Wildman–Crippen MR) is 114 cm³/mol. The number of aromatic nitrogens is 6. The van der Waals surface area contributed by atoms with Crippen LogP contribution >= 0.6 is 23.2 Å². The largest absolute Gasteiger partial charge is 0.433 e. The van der Waals surface area contributed by atoms with E-state index in [0.717, 1.165) is 6.07 Å². The maximum atomic E-state index is 13.8. The molecular formula is C20H10Cl2F3N7O. The molecule has 0 aliphatic heterocycles. The van der Waals surface area contributed by atoms with Gasteiger partial charge in [0.2, 0.25) is 5.82 Å². The quantitative estimate of drug-likeness (QED) is 0.359. The molecule has 0 saturated carbocycles. The van der Waals surface area contributed by atoms with Gasteiger partial charge >= 0.3 is 6.18 Å². The summed E-state index contributed by atoms with van der Waals surface area (Å²) in [6.45, 7) is 0. The van der Waals surface area contributed by atoms with Crippen molar-refractivity contribution in [2.24, 2.45) is 0 Å². The highest BCUT2D eigenvalue weighted by Gasteiger charge is 2.36. The van der Waals surface area contributed by atoms with Gasteiger partial charge in [-0.15, -0.1) is 0 Å². The summed E-state index contributed by atoms with van der Waals surface area (Å²) in [6, 6.07) is 8.49. The second-order valence-corrected chi connectivity index (χ2v) is 7.66. The Bertz CT molecular complexity index is 1500. The minimum Gasteiger partial charge on any atom is -0.384 e. The van der Waals surface area contributed by atoms with Gasteiger partial charge in [-0.25, -0.2) is 14.5 Å². The Hall–Kier alpha value is -3.70. The number of halogens is 5. The molecule has 0 saturated heterocycles. The van der Waals surface area contributed by atoms with Crippen LogP contribution in [0.4, 0.5) is 19.0 Å². The van der Waals surface area contributed by atoms with Crippen LogP contribution in [0.3, 0.4) is 0 Å². The van der Waals surface area contributed by atoms with Crippen LogP contribution in [0.2, 0.25) is 10.0 Å². The van der Waals surface area contributed by atoms with E-state index >= 15 is 0 Å². The maximum Gasteiger partial charge on any atom is 0.433 e. The second-order valence-electron chi connectivity index (χ2n) is 6.84. The van der Waals surface area contributed by atoms with Gasteiger partial charge in [-0.1, -0.05) is 34.4 Å². The van der Waals surface area contributed by atoms with Gasteiger partial charge in [0.25, 0.3) is 5.89 Å². The molecule has 1 aromatic carbocycles. The third-order valence-electron chi connectivity index (χ3n) is 4.68. The molecule has 4 aromatic heterocycles. The van der Waals surface area contributed by atoms with Gasteiger partial charge < -0.3 is 10.3 Å². The molecule has 0 spiro atoms. The minimum atomic E-state index is -4.72. The molecule has 13 heteroatoms. The average molecular weight is 492 g/mol. The first-order valence-corrected chi connectivity index (χ1v) is 9.93. The summed E-state index contributed by atoms with van der Waals surface area (Å²) >= 11 is 12.0. The summed E-state index contributed by atoms with van der Waals surface area (Å²) in [5.74, 6) is 0.418. The highest BCUT2D eigenvalue weighted by molar-refractivity contribution is 6.42. The fourth-order valence-corrected chi connectivity index (χ4v) is 3.40. The van der Waals surface area contributed by atoms with E-state index in [1.165, 1.54) is 30.6 Å². The molecule has 5 aromatic rings. The molecule has 0 amide bonds. The van der Waals surface area contributed by atoms with Crippen molar-refractivity contribution in [1.82, 2.24) is 29.7 Å². The Balaban J connectivity index is 1.68. The number of alkyl halides is 3. The van der Waals surface area contributed by atoms with E-state index in [1.807, 2.05) is 0 Å². The lowest BCUT2D eigenvalue weighted by Gasteiger charge is -2.11. The second kappa shape index (κ2) is 7.71. The highest BCUT2D eigenvalue weighted by Crippen LogP contribution is 2.36. The summed E-state index contributed by atoms with van der Waals surface area (Å²) < 4.78 is 47.4. The molecule has 33 heavy (non-hydrogen) atoms. The van der Waals surface area contributed by atoms with Gasteiger partial charge in [-0.2, -0.15) is 23.3 Å². The zero-order chi connectivity index (χ0) is 23.3. The first-order chi connectivity index (χ1) is 15.7. The normalized spacial score (nSPS) is 11.9. The van der Waals surface area contributed by atoms with Crippen molar-refractivity contribution in [3.63, 3.8) is 0 Å². The van der Waals surface area contributed by atoms with E-state index in [0.29, 0.717) is 21.5 Å². The molecule has 0 aliphatic rings. The average Bonchev–Trinajstić information content (AvgIpc) is 3.42. The number of pyridine rings is 1. The highest BCUT2D eigenvalue weighted by atomic mass is 35.5. The van der Waals surface area contributed by atoms with Crippen LogP contribution in [0.5, 0.6) is 0 Å². The summed E-state index contributed by atoms with van der Waals surface area (Å²) in [5.41, 5.74) is 5.38. The Morgan fingerprint density at radius 3 is 2.42 bits per heavy atom. The zero-order valence-corrected chi connectivity index (χ0v) is 17.7. The van der Waals surface area contributed by atoms with Gasteiger partial charge in [0, 0.05) is 17.3 Å². The maximum absolute atomic E-state index is 13.8. The van der Waals surface area contributed by atoms with Crippen LogP contribution in [-0.2, 0) is 6.18 Å². The minimum absolute atomic E-state index is 0.0117. The standard InChI is InChI=1S/C20H10Cl2F3N7O/c21-12-3-1-9(5-13(12)22)14-6-15(20(23,24)25)32-18(29-14)11(8-28-32)19-30-17(31-33-19)10-2-4-16(26)27-7-10/h1-8H,(H2,26,27). The van der Waals surface area contributed by atoms with Crippen molar-refractivity contribution < 1.29 is 17.7 Å². The van der Waals surface area contributed by atoms with Crippen LogP contribution in [0.1, 0.15) is 5.69 Å². The van der Waals surface area contributed by atoms with Crippen molar-refractivity contribution >= 4 is 34.7 Å². The fourth-order valence-electron chi connectivity index (χ4n) is 3.11. The Labute approximate surface area is 192 Å². The molecule has 2 N–H and O–H groups in total. The van der Waals surface area contributed by atoms with Crippen LogP contribution in [0.15, 0.2) is 53.3 Å². The monoisotopic (exact) mass is 491 g/mol. The lowest BCUT2D eigenvalue weighted by molar-refractivity contribution is -0.142. The number of hydrogen-bond donors (Lipinski definition) is 1. The number of fused-ring (bicyclic) bond motifs is 1. The number of nitrogens with zero attached hydrogens (tertiary/aromatic N) is 6. The van der Waals surface area contributed by atoms with Gasteiger partial charge in [-0.05, 0) is 30.3 Å². The van der Waals surface area contributed by atoms with Crippen LogP contribution in [0.25, 0.3) is 39.7 Å². The molecule has 0 unspecified atom stereocenters. The molecule has 0 fully saturated rings. The van der Waals surface area contributed by atoms with E-state index in [-0.39, 0.29) is 38.7 Å². The number of rotatable bonds is 3. The lowest BCUT2D eigenvalue weighted by Crippen LogP contribution is -2.13. The van der Waals surface area contributed by atoms with E-state index in [4.69, 9.17) is 33.5 Å². The van der Waals surface area contributed by atoms with E-state index in [2.05, 4.69) is 25.2 Å². The predicted octanol–water partition coefficient (Wildman–Crippen LogP) is 5.42. The molecule has 8 nitrogen and oxygen atoms in total. The van der Waals surface area contributed by atoms with Gasteiger partial charge in [-0.3, -0.25) is 0 Å². The molecular weight excluding hydrogens is 482 g/mol. The smallest absolute Gasteiger partial charge is 0.384 e. The molecule has 5 rings (SSSR count). The van der Waals surface area contributed by atoms with Crippen LogP contribution in [0, 0.1) is 0 Å². The van der Waals surface area contributed by atoms with Crippen molar-refractivity contribution in [1.29, 1.82) is 0 Å². The Morgan fingerprint density at radius 2 is 1.73 bits per heavy atom. The number of nitrogens with two attached hydrogens (primary N) is 1. The van der Waals surface area contributed by atoms with E-state index in [9.17, 15) is 13.2 Å². The molecule has 4 heterocycles. The third-order valence-corrected chi connectivity index (χ3v) is 5.42. The first-order valence-electron chi connectivity index (χ1n) is 9.18. The Kier molecular flexibility index (Phi) is 4.94. The van der Waals surface area contributed by atoms with Crippen LogP contribution < -0.4 is 5.73 Å². The van der Waals surface area contributed by atoms with Crippen molar-refractivity contribution in [2.75, 3.05) is 5.73 Å². The molecule has 0 radical (unpaired) electrons. The number of hydrogen-bond acceptors (Lipinski definition) is 7. The molecule has 0 aliphatic carbocycles. The molecule has 0 bridgehead atoms.